The predicted molar refractivity (Wildman–Crippen MR) is 107 cm³/mol. The summed E-state index contributed by atoms with van der Waals surface area (Å²) in [6.07, 6.45) is -0.918. The monoisotopic (exact) mass is 406 g/mol. The lowest BCUT2D eigenvalue weighted by Crippen LogP contribution is -2.51. The van der Waals surface area contributed by atoms with Gasteiger partial charge in [0.15, 0.2) is 18.1 Å². The Morgan fingerprint density at radius 1 is 0.900 bits per heavy atom. The van der Waals surface area contributed by atoms with E-state index in [2.05, 4.69) is 10.9 Å². The molecule has 0 aliphatic carbocycles. The zero-order valence-corrected chi connectivity index (χ0v) is 15.8. The van der Waals surface area contributed by atoms with E-state index in [4.69, 9.17) is 14.2 Å². The fourth-order valence-electron chi connectivity index (χ4n) is 3.01. The molecular formula is C22H18N2O6. The van der Waals surface area contributed by atoms with Crippen molar-refractivity contribution < 1.29 is 28.6 Å². The van der Waals surface area contributed by atoms with Crippen LogP contribution in [0.5, 0.6) is 11.5 Å². The van der Waals surface area contributed by atoms with Gasteiger partial charge in [0.25, 0.3) is 11.8 Å². The molecule has 1 heterocycles. The molecule has 8 nitrogen and oxygen atoms in total. The van der Waals surface area contributed by atoms with Gasteiger partial charge in [-0.3, -0.25) is 20.4 Å². The topological polar surface area (TPSA) is 103 Å². The van der Waals surface area contributed by atoms with E-state index in [1.54, 1.807) is 42.5 Å². The summed E-state index contributed by atoms with van der Waals surface area (Å²) < 4.78 is 16.1. The molecule has 0 saturated carbocycles. The zero-order valence-electron chi connectivity index (χ0n) is 15.8. The van der Waals surface area contributed by atoms with Crippen LogP contribution in [0.25, 0.3) is 10.8 Å². The Hall–Kier alpha value is -4.07. The van der Waals surface area contributed by atoms with E-state index in [1.165, 1.54) is 0 Å². The van der Waals surface area contributed by atoms with E-state index >= 15 is 0 Å². The minimum absolute atomic E-state index is 0.00871. The molecule has 0 radical (unpaired) electrons. The van der Waals surface area contributed by atoms with Crippen molar-refractivity contribution in [3.63, 3.8) is 0 Å². The Morgan fingerprint density at radius 2 is 1.63 bits per heavy atom. The van der Waals surface area contributed by atoms with Crippen molar-refractivity contribution in [3.8, 4) is 11.5 Å². The molecule has 30 heavy (non-hydrogen) atoms. The van der Waals surface area contributed by atoms with E-state index in [0.29, 0.717) is 17.1 Å². The standard InChI is InChI=1S/C22H18N2O6/c25-20(13-29-22(27)16-9-5-7-14-6-1-2-8-15(14)16)23-24-21(26)19-12-28-17-10-3-4-11-18(17)30-19/h1-11,19H,12-13H2,(H,23,25)(H,24,26)/t19-/m0/s1. The Balaban J connectivity index is 1.27. The maximum Gasteiger partial charge on any atom is 0.339 e. The summed E-state index contributed by atoms with van der Waals surface area (Å²) in [5.74, 6) is -0.911. The van der Waals surface area contributed by atoms with Crippen LogP contribution in [0, 0.1) is 0 Å². The number of esters is 1. The van der Waals surface area contributed by atoms with E-state index in [0.717, 1.165) is 10.8 Å². The predicted octanol–water partition coefficient (Wildman–Crippen LogP) is 1.98. The number of hydrazine groups is 1. The van der Waals surface area contributed by atoms with Gasteiger partial charge in [0.1, 0.15) is 6.61 Å². The van der Waals surface area contributed by atoms with Gasteiger partial charge in [0.05, 0.1) is 5.56 Å². The molecule has 1 aliphatic rings. The van der Waals surface area contributed by atoms with Gasteiger partial charge in [-0.1, -0.05) is 48.5 Å². The highest BCUT2D eigenvalue weighted by Gasteiger charge is 2.27. The molecular weight excluding hydrogens is 388 g/mol. The van der Waals surface area contributed by atoms with Crippen molar-refractivity contribution >= 4 is 28.6 Å². The number of fused-ring (bicyclic) bond motifs is 2. The third-order valence-electron chi connectivity index (χ3n) is 4.47. The first kappa shape index (κ1) is 19.3. The van der Waals surface area contributed by atoms with Crippen molar-refractivity contribution in [2.24, 2.45) is 0 Å². The van der Waals surface area contributed by atoms with Gasteiger partial charge in [-0.05, 0) is 29.0 Å². The molecule has 3 aromatic carbocycles. The second-order valence-electron chi connectivity index (χ2n) is 6.50. The van der Waals surface area contributed by atoms with Crippen LogP contribution in [0.4, 0.5) is 0 Å². The van der Waals surface area contributed by atoms with Crippen molar-refractivity contribution in [2.45, 2.75) is 6.10 Å². The molecule has 0 unspecified atom stereocenters. The lowest BCUT2D eigenvalue weighted by Gasteiger charge is -2.25. The van der Waals surface area contributed by atoms with Crippen LogP contribution in [-0.4, -0.2) is 37.1 Å². The van der Waals surface area contributed by atoms with Crippen LogP contribution in [0.2, 0.25) is 0 Å². The quantitative estimate of drug-likeness (QED) is 0.507. The molecule has 8 heteroatoms. The van der Waals surface area contributed by atoms with Gasteiger partial charge < -0.3 is 14.2 Å². The van der Waals surface area contributed by atoms with Gasteiger partial charge in [-0.25, -0.2) is 4.79 Å². The summed E-state index contributed by atoms with van der Waals surface area (Å²) >= 11 is 0. The largest absolute Gasteiger partial charge is 0.485 e. The summed E-state index contributed by atoms with van der Waals surface area (Å²) in [5, 5.41) is 1.62. The number of nitrogens with one attached hydrogen (secondary N) is 2. The van der Waals surface area contributed by atoms with Crippen molar-refractivity contribution in [3.05, 3.63) is 72.3 Å². The smallest absolute Gasteiger partial charge is 0.339 e. The summed E-state index contributed by atoms with van der Waals surface area (Å²) in [6.45, 7) is -0.540. The summed E-state index contributed by atoms with van der Waals surface area (Å²) in [6, 6.07) is 19.6. The van der Waals surface area contributed by atoms with Gasteiger partial charge in [-0.2, -0.15) is 0 Å². The third-order valence-corrected chi connectivity index (χ3v) is 4.47. The lowest BCUT2D eigenvalue weighted by atomic mass is 10.1. The minimum Gasteiger partial charge on any atom is -0.485 e. The highest BCUT2D eigenvalue weighted by Crippen LogP contribution is 2.30. The molecule has 2 N–H and O–H groups in total. The lowest BCUT2D eigenvalue weighted by molar-refractivity contribution is -0.135. The van der Waals surface area contributed by atoms with Gasteiger partial charge in [0, 0.05) is 0 Å². The van der Waals surface area contributed by atoms with Crippen LogP contribution in [-0.2, 0) is 14.3 Å². The number of carbonyl (C=O) groups excluding carboxylic acids is 3. The second kappa shape index (κ2) is 8.52. The molecule has 0 saturated heterocycles. The number of para-hydroxylation sites is 2. The average molecular weight is 406 g/mol. The number of hydrogen-bond acceptors (Lipinski definition) is 6. The number of ether oxygens (including phenoxy) is 3. The molecule has 3 aromatic rings. The van der Waals surface area contributed by atoms with Gasteiger partial charge >= 0.3 is 5.97 Å². The van der Waals surface area contributed by atoms with Crippen LogP contribution in [0.3, 0.4) is 0 Å². The zero-order chi connectivity index (χ0) is 20.9. The fraction of sp³-hybridized carbons (Fsp3) is 0.136. The van der Waals surface area contributed by atoms with Crippen molar-refractivity contribution in [1.82, 2.24) is 10.9 Å². The number of amides is 2. The molecule has 0 spiro atoms. The molecule has 0 aromatic heterocycles. The van der Waals surface area contributed by atoms with Gasteiger partial charge in [0.2, 0.25) is 6.10 Å². The molecule has 4 rings (SSSR count). The van der Waals surface area contributed by atoms with Crippen LogP contribution in [0.1, 0.15) is 10.4 Å². The molecule has 0 fully saturated rings. The Bertz CT molecular complexity index is 1110. The first-order valence-corrected chi connectivity index (χ1v) is 9.24. The molecule has 1 atom stereocenters. The van der Waals surface area contributed by atoms with Crippen LogP contribution >= 0.6 is 0 Å². The van der Waals surface area contributed by atoms with E-state index in [-0.39, 0.29) is 6.61 Å². The summed E-state index contributed by atoms with van der Waals surface area (Å²) in [7, 11) is 0. The molecule has 2 amide bonds. The first-order valence-electron chi connectivity index (χ1n) is 9.24. The molecule has 1 aliphatic heterocycles. The first-order chi connectivity index (χ1) is 14.6. The number of carbonyl (C=O) groups is 3. The van der Waals surface area contributed by atoms with Gasteiger partial charge in [-0.15, -0.1) is 0 Å². The molecule has 152 valence electrons. The van der Waals surface area contributed by atoms with E-state index in [1.807, 2.05) is 24.3 Å². The van der Waals surface area contributed by atoms with Crippen LogP contribution in [0.15, 0.2) is 66.7 Å². The number of rotatable bonds is 4. The Kier molecular flexibility index (Phi) is 5.47. The van der Waals surface area contributed by atoms with Crippen LogP contribution < -0.4 is 20.3 Å². The minimum atomic E-state index is -0.918. The maximum atomic E-state index is 12.3. The van der Waals surface area contributed by atoms with E-state index < -0.39 is 30.5 Å². The highest BCUT2D eigenvalue weighted by atomic mass is 16.6. The number of hydrogen-bond donors (Lipinski definition) is 2. The molecule has 0 bridgehead atoms. The summed E-state index contributed by atoms with van der Waals surface area (Å²) in [5.41, 5.74) is 4.80. The second-order valence-corrected chi connectivity index (χ2v) is 6.50. The number of benzene rings is 3. The highest BCUT2D eigenvalue weighted by molar-refractivity contribution is 6.04. The fourth-order valence-corrected chi connectivity index (χ4v) is 3.01. The third kappa shape index (κ3) is 4.17. The Labute approximate surface area is 171 Å². The van der Waals surface area contributed by atoms with E-state index in [9.17, 15) is 14.4 Å². The van der Waals surface area contributed by atoms with Crippen molar-refractivity contribution in [2.75, 3.05) is 13.2 Å². The van der Waals surface area contributed by atoms with Crippen molar-refractivity contribution in [1.29, 1.82) is 0 Å². The SMILES string of the molecule is O=C(COC(=O)c1cccc2ccccc12)NNC(=O)[C@@H]1COc2ccccc2O1. The average Bonchev–Trinajstić information content (AvgIpc) is 2.80. The Morgan fingerprint density at radius 3 is 2.50 bits per heavy atom. The normalized spacial score (nSPS) is 14.6. The summed E-state index contributed by atoms with van der Waals surface area (Å²) in [4.78, 5) is 36.5. The maximum absolute atomic E-state index is 12.3.